The van der Waals surface area contributed by atoms with Crippen LogP contribution in [0.4, 0.5) is 0 Å². The van der Waals surface area contributed by atoms with E-state index in [9.17, 15) is 0 Å². The van der Waals surface area contributed by atoms with Gasteiger partial charge in [0, 0.05) is 30.6 Å². The second kappa shape index (κ2) is 6.73. The summed E-state index contributed by atoms with van der Waals surface area (Å²) in [6.45, 7) is 11.6. The van der Waals surface area contributed by atoms with Crippen molar-refractivity contribution in [1.29, 1.82) is 0 Å². The first kappa shape index (κ1) is 15.4. The first-order valence-corrected chi connectivity index (χ1v) is 9.05. The SMILES string of the molecule is CCN1CCOC(c2nc(C(C)C)c(CNC3CC3)s2)C1. The van der Waals surface area contributed by atoms with Gasteiger partial charge in [0.2, 0.25) is 0 Å². The van der Waals surface area contributed by atoms with Crippen LogP contribution in [-0.4, -0.2) is 42.2 Å². The lowest BCUT2D eigenvalue weighted by atomic mass is 10.1. The molecule has 1 N–H and O–H groups in total. The van der Waals surface area contributed by atoms with Crippen LogP contribution in [0.1, 0.15) is 61.2 Å². The predicted molar refractivity (Wildman–Crippen MR) is 86.9 cm³/mol. The number of hydrogen-bond acceptors (Lipinski definition) is 5. The molecule has 2 fully saturated rings. The van der Waals surface area contributed by atoms with Gasteiger partial charge in [0.1, 0.15) is 11.1 Å². The van der Waals surface area contributed by atoms with Crippen LogP contribution in [0.25, 0.3) is 0 Å². The van der Waals surface area contributed by atoms with Crippen molar-refractivity contribution in [2.75, 3.05) is 26.2 Å². The minimum atomic E-state index is 0.163. The number of hydrogen-bond donors (Lipinski definition) is 1. The van der Waals surface area contributed by atoms with E-state index in [2.05, 4.69) is 31.0 Å². The van der Waals surface area contributed by atoms with Crippen molar-refractivity contribution in [1.82, 2.24) is 15.2 Å². The molecule has 5 heteroatoms. The molecule has 1 aromatic rings. The number of aromatic nitrogens is 1. The number of nitrogens with zero attached hydrogens (tertiary/aromatic N) is 2. The molecule has 0 bridgehead atoms. The van der Waals surface area contributed by atoms with Crippen molar-refractivity contribution < 1.29 is 4.74 Å². The quantitative estimate of drug-likeness (QED) is 0.877. The van der Waals surface area contributed by atoms with Gasteiger partial charge >= 0.3 is 0 Å². The van der Waals surface area contributed by atoms with Crippen LogP contribution in [0.15, 0.2) is 0 Å². The molecule has 1 atom stereocenters. The van der Waals surface area contributed by atoms with Crippen LogP contribution < -0.4 is 5.32 Å². The summed E-state index contributed by atoms with van der Waals surface area (Å²) in [5.74, 6) is 0.483. The number of thiazole rings is 1. The molecular weight excluding hydrogens is 282 g/mol. The summed E-state index contributed by atoms with van der Waals surface area (Å²) in [6.07, 6.45) is 2.83. The molecule has 0 radical (unpaired) electrons. The Morgan fingerprint density at radius 3 is 2.90 bits per heavy atom. The van der Waals surface area contributed by atoms with Gasteiger partial charge in [0.25, 0.3) is 0 Å². The lowest BCUT2D eigenvalue weighted by Crippen LogP contribution is -2.38. The van der Waals surface area contributed by atoms with Gasteiger partial charge in [-0.25, -0.2) is 4.98 Å². The Morgan fingerprint density at radius 2 is 2.24 bits per heavy atom. The Morgan fingerprint density at radius 1 is 1.43 bits per heavy atom. The van der Waals surface area contributed by atoms with Gasteiger partial charge in [-0.3, -0.25) is 4.90 Å². The lowest BCUT2D eigenvalue weighted by Gasteiger charge is -2.30. The van der Waals surface area contributed by atoms with Gasteiger partial charge in [-0.2, -0.15) is 0 Å². The third-order valence-electron chi connectivity index (χ3n) is 4.29. The van der Waals surface area contributed by atoms with Crippen molar-refractivity contribution in [3.05, 3.63) is 15.6 Å². The van der Waals surface area contributed by atoms with Crippen LogP contribution >= 0.6 is 11.3 Å². The normalized spacial score (nSPS) is 23.9. The smallest absolute Gasteiger partial charge is 0.123 e. The Kier molecular flexibility index (Phi) is 4.94. The zero-order valence-corrected chi connectivity index (χ0v) is 14.2. The fraction of sp³-hybridized carbons (Fsp3) is 0.812. The lowest BCUT2D eigenvalue weighted by molar-refractivity contribution is -0.0283. The summed E-state index contributed by atoms with van der Waals surface area (Å²) in [5, 5.41) is 4.79. The molecular formula is C16H27N3OS. The van der Waals surface area contributed by atoms with Crippen LogP contribution in [0, 0.1) is 0 Å². The van der Waals surface area contributed by atoms with E-state index in [1.807, 2.05) is 11.3 Å². The van der Waals surface area contributed by atoms with Crippen molar-refractivity contribution >= 4 is 11.3 Å². The van der Waals surface area contributed by atoms with E-state index in [0.717, 1.165) is 38.8 Å². The number of rotatable bonds is 6. The Hall–Kier alpha value is -0.490. The third-order valence-corrected chi connectivity index (χ3v) is 5.46. The zero-order chi connectivity index (χ0) is 14.8. The second-order valence-corrected chi connectivity index (χ2v) is 7.54. The van der Waals surface area contributed by atoms with E-state index in [4.69, 9.17) is 9.72 Å². The summed E-state index contributed by atoms with van der Waals surface area (Å²) in [7, 11) is 0. The molecule has 21 heavy (non-hydrogen) atoms. The molecule has 118 valence electrons. The summed E-state index contributed by atoms with van der Waals surface area (Å²) in [5.41, 5.74) is 1.26. The topological polar surface area (TPSA) is 37.4 Å². The molecule has 1 unspecified atom stereocenters. The van der Waals surface area contributed by atoms with Gasteiger partial charge in [-0.15, -0.1) is 11.3 Å². The molecule has 2 aliphatic rings. The van der Waals surface area contributed by atoms with Gasteiger partial charge < -0.3 is 10.1 Å². The standard InChI is InChI=1S/C16H27N3OS/c1-4-19-7-8-20-13(10-19)16-18-15(11(2)3)14(21-16)9-17-12-5-6-12/h11-13,17H,4-10H2,1-3H3. The maximum absolute atomic E-state index is 5.97. The van der Waals surface area contributed by atoms with Crippen molar-refractivity contribution in [2.24, 2.45) is 0 Å². The van der Waals surface area contributed by atoms with Crippen LogP contribution in [0.2, 0.25) is 0 Å². The highest BCUT2D eigenvalue weighted by Gasteiger charge is 2.27. The minimum Gasteiger partial charge on any atom is -0.368 e. The van der Waals surface area contributed by atoms with Gasteiger partial charge in [-0.1, -0.05) is 20.8 Å². The van der Waals surface area contributed by atoms with Gasteiger partial charge in [0.15, 0.2) is 0 Å². The van der Waals surface area contributed by atoms with Crippen LogP contribution in [0.3, 0.4) is 0 Å². The van der Waals surface area contributed by atoms with Crippen molar-refractivity contribution in [2.45, 2.75) is 58.2 Å². The highest BCUT2D eigenvalue weighted by atomic mass is 32.1. The van der Waals surface area contributed by atoms with E-state index in [1.54, 1.807) is 0 Å². The Labute approximate surface area is 131 Å². The molecule has 0 aromatic carbocycles. The van der Waals surface area contributed by atoms with Crippen molar-refractivity contribution in [3.8, 4) is 0 Å². The molecule has 1 saturated carbocycles. The number of likely N-dealkylation sites (N-methyl/N-ethyl adjacent to an activating group) is 1. The monoisotopic (exact) mass is 309 g/mol. The molecule has 2 heterocycles. The fourth-order valence-electron chi connectivity index (χ4n) is 2.76. The maximum atomic E-state index is 5.97. The second-order valence-electron chi connectivity index (χ2n) is 6.42. The Bertz CT molecular complexity index is 470. The molecule has 4 nitrogen and oxygen atoms in total. The van der Waals surface area contributed by atoms with E-state index < -0.39 is 0 Å². The minimum absolute atomic E-state index is 0.163. The highest BCUT2D eigenvalue weighted by Crippen LogP contribution is 2.32. The largest absolute Gasteiger partial charge is 0.368 e. The number of morpholine rings is 1. The Balaban J connectivity index is 1.73. The maximum Gasteiger partial charge on any atom is 0.123 e. The van der Waals surface area contributed by atoms with E-state index in [0.29, 0.717) is 5.92 Å². The molecule has 3 rings (SSSR count). The molecule has 1 saturated heterocycles. The molecule has 0 spiro atoms. The van der Waals surface area contributed by atoms with E-state index in [1.165, 1.54) is 28.4 Å². The van der Waals surface area contributed by atoms with Gasteiger partial charge in [0.05, 0.1) is 12.3 Å². The first-order chi connectivity index (χ1) is 10.2. The number of nitrogens with one attached hydrogen (secondary N) is 1. The molecule has 1 aromatic heterocycles. The summed E-state index contributed by atoms with van der Waals surface area (Å²) >= 11 is 1.85. The van der Waals surface area contributed by atoms with Crippen molar-refractivity contribution in [3.63, 3.8) is 0 Å². The average Bonchev–Trinajstić information content (AvgIpc) is 3.22. The fourth-order valence-corrected chi connectivity index (χ4v) is 3.97. The van der Waals surface area contributed by atoms with Crippen LogP contribution in [-0.2, 0) is 11.3 Å². The molecule has 0 amide bonds. The van der Waals surface area contributed by atoms with E-state index in [-0.39, 0.29) is 6.10 Å². The number of ether oxygens (including phenoxy) is 1. The summed E-state index contributed by atoms with van der Waals surface area (Å²) in [6, 6.07) is 0.747. The zero-order valence-electron chi connectivity index (χ0n) is 13.4. The van der Waals surface area contributed by atoms with E-state index >= 15 is 0 Å². The molecule has 1 aliphatic heterocycles. The third kappa shape index (κ3) is 3.83. The molecule has 1 aliphatic carbocycles. The predicted octanol–water partition coefficient (Wildman–Crippen LogP) is 2.91. The first-order valence-electron chi connectivity index (χ1n) is 8.24. The highest BCUT2D eigenvalue weighted by molar-refractivity contribution is 7.11. The average molecular weight is 309 g/mol. The summed E-state index contributed by atoms with van der Waals surface area (Å²) in [4.78, 5) is 8.79. The summed E-state index contributed by atoms with van der Waals surface area (Å²) < 4.78 is 5.97. The van der Waals surface area contributed by atoms with Crippen LogP contribution in [0.5, 0.6) is 0 Å². The van der Waals surface area contributed by atoms with Gasteiger partial charge in [-0.05, 0) is 25.3 Å².